The predicted molar refractivity (Wildman–Crippen MR) is 68.3 cm³/mol. The predicted octanol–water partition coefficient (Wildman–Crippen LogP) is 2.66. The largest absolute Gasteiger partial charge is 0.385 e. The smallest absolute Gasteiger partial charge is 0.0470 e. The van der Waals surface area contributed by atoms with Gasteiger partial charge in [0.2, 0.25) is 0 Å². The third-order valence-corrected chi connectivity index (χ3v) is 4.68. The fourth-order valence-electron chi connectivity index (χ4n) is 2.16. The number of rotatable bonds is 5. The van der Waals surface area contributed by atoms with Crippen LogP contribution in [0.5, 0.6) is 0 Å². The minimum Gasteiger partial charge on any atom is -0.385 e. The minimum absolute atomic E-state index is 0.408. The van der Waals surface area contributed by atoms with E-state index < -0.39 is 0 Å². The lowest BCUT2D eigenvalue weighted by Crippen LogP contribution is -2.41. The van der Waals surface area contributed by atoms with Gasteiger partial charge in [0, 0.05) is 25.0 Å². The van der Waals surface area contributed by atoms with Crippen molar-refractivity contribution in [1.82, 2.24) is 0 Å². The van der Waals surface area contributed by atoms with Gasteiger partial charge in [-0.3, -0.25) is 0 Å². The van der Waals surface area contributed by atoms with Crippen molar-refractivity contribution in [3.63, 3.8) is 0 Å². The molecule has 0 saturated heterocycles. The van der Waals surface area contributed by atoms with Crippen molar-refractivity contribution in [3.05, 3.63) is 0 Å². The van der Waals surface area contributed by atoms with Crippen molar-refractivity contribution in [1.29, 1.82) is 0 Å². The van der Waals surface area contributed by atoms with Gasteiger partial charge in [-0.15, -0.1) is 0 Å². The first-order chi connectivity index (χ1) is 7.05. The van der Waals surface area contributed by atoms with Gasteiger partial charge in [-0.2, -0.15) is 11.8 Å². The fourth-order valence-corrected chi connectivity index (χ4v) is 3.70. The Morgan fingerprint density at radius 3 is 2.87 bits per heavy atom. The Bertz CT molecular complexity index is 184. The molecule has 0 heterocycles. The fraction of sp³-hybridized carbons (Fsp3) is 1.00. The van der Waals surface area contributed by atoms with E-state index in [1.807, 2.05) is 11.8 Å². The maximum Gasteiger partial charge on any atom is 0.0470 e. The molecule has 15 heavy (non-hydrogen) atoms. The molecule has 0 aromatic heterocycles. The second-order valence-electron chi connectivity index (χ2n) is 5.33. The molecule has 2 N–H and O–H groups in total. The molecule has 0 amide bonds. The highest BCUT2D eigenvalue weighted by molar-refractivity contribution is 7.99. The summed E-state index contributed by atoms with van der Waals surface area (Å²) in [5.41, 5.74) is 6.66. The van der Waals surface area contributed by atoms with Gasteiger partial charge in [-0.1, -0.05) is 13.8 Å². The van der Waals surface area contributed by atoms with Crippen molar-refractivity contribution >= 4 is 11.8 Å². The Morgan fingerprint density at radius 1 is 1.47 bits per heavy atom. The van der Waals surface area contributed by atoms with Gasteiger partial charge in [-0.05, 0) is 36.9 Å². The SMILES string of the molecule is COCCCSC1CC(C)(C)CCC1N. The van der Waals surface area contributed by atoms with Gasteiger partial charge in [0.05, 0.1) is 0 Å². The quantitative estimate of drug-likeness (QED) is 0.739. The number of thioether (sulfide) groups is 1. The Kier molecular flexibility index (Phi) is 5.44. The normalized spacial score (nSPS) is 30.4. The van der Waals surface area contributed by atoms with Gasteiger partial charge in [0.15, 0.2) is 0 Å². The third kappa shape index (κ3) is 4.75. The summed E-state index contributed by atoms with van der Waals surface area (Å²) in [6, 6.07) is 0.408. The summed E-state index contributed by atoms with van der Waals surface area (Å²) in [6.45, 7) is 5.60. The highest BCUT2D eigenvalue weighted by Gasteiger charge is 2.32. The molecule has 0 aromatic rings. The minimum atomic E-state index is 0.408. The molecule has 0 spiro atoms. The van der Waals surface area contributed by atoms with Gasteiger partial charge in [0.1, 0.15) is 0 Å². The van der Waals surface area contributed by atoms with E-state index in [1.165, 1.54) is 25.0 Å². The van der Waals surface area contributed by atoms with E-state index in [2.05, 4.69) is 13.8 Å². The number of nitrogens with two attached hydrogens (primary N) is 1. The molecular formula is C12H25NOS. The van der Waals surface area contributed by atoms with Crippen LogP contribution in [-0.4, -0.2) is 30.8 Å². The zero-order valence-electron chi connectivity index (χ0n) is 10.3. The Hall–Kier alpha value is 0.270. The van der Waals surface area contributed by atoms with Crippen molar-refractivity contribution in [3.8, 4) is 0 Å². The second kappa shape index (κ2) is 6.12. The molecule has 0 radical (unpaired) electrons. The monoisotopic (exact) mass is 231 g/mol. The van der Waals surface area contributed by atoms with Crippen molar-refractivity contribution < 1.29 is 4.74 Å². The van der Waals surface area contributed by atoms with Crippen LogP contribution in [0.2, 0.25) is 0 Å². The molecule has 90 valence electrons. The highest BCUT2D eigenvalue weighted by Crippen LogP contribution is 2.39. The molecule has 0 aliphatic heterocycles. The molecular weight excluding hydrogens is 206 g/mol. The van der Waals surface area contributed by atoms with Crippen LogP contribution in [0.25, 0.3) is 0 Å². The molecule has 0 aromatic carbocycles. The summed E-state index contributed by atoms with van der Waals surface area (Å²) in [4.78, 5) is 0. The lowest BCUT2D eigenvalue weighted by molar-refractivity contribution is 0.199. The van der Waals surface area contributed by atoms with E-state index in [0.29, 0.717) is 16.7 Å². The summed E-state index contributed by atoms with van der Waals surface area (Å²) < 4.78 is 5.05. The molecule has 0 bridgehead atoms. The van der Waals surface area contributed by atoms with Crippen LogP contribution in [0.1, 0.15) is 39.5 Å². The number of ether oxygens (including phenoxy) is 1. The summed E-state index contributed by atoms with van der Waals surface area (Å²) in [7, 11) is 1.76. The molecule has 2 atom stereocenters. The first-order valence-corrected chi connectivity index (χ1v) is 6.96. The van der Waals surface area contributed by atoms with Crippen LogP contribution in [0.4, 0.5) is 0 Å². The van der Waals surface area contributed by atoms with Gasteiger partial charge in [-0.25, -0.2) is 0 Å². The molecule has 2 nitrogen and oxygen atoms in total. The molecule has 3 heteroatoms. The summed E-state index contributed by atoms with van der Waals surface area (Å²) in [5.74, 6) is 1.18. The third-order valence-electron chi connectivity index (χ3n) is 3.21. The number of methoxy groups -OCH3 is 1. The summed E-state index contributed by atoms with van der Waals surface area (Å²) >= 11 is 2.04. The van der Waals surface area contributed by atoms with E-state index in [4.69, 9.17) is 10.5 Å². The van der Waals surface area contributed by atoms with E-state index in [-0.39, 0.29) is 0 Å². The Labute approximate surface area is 98.3 Å². The Balaban J connectivity index is 2.25. The molecule has 2 unspecified atom stereocenters. The number of hydrogen-bond acceptors (Lipinski definition) is 3. The van der Waals surface area contributed by atoms with E-state index in [1.54, 1.807) is 7.11 Å². The van der Waals surface area contributed by atoms with Gasteiger partial charge >= 0.3 is 0 Å². The standard InChI is InChI=1S/C12H25NOS/c1-12(2)6-5-10(13)11(9-12)15-8-4-7-14-3/h10-11H,4-9,13H2,1-3H3. The maximum atomic E-state index is 6.16. The first kappa shape index (κ1) is 13.3. The van der Waals surface area contributed by atoms with Crippen LogP contribution in [-0.2, 0) is 4.74 Å². The van der Waals surface area contributed by atoms with Crippen molar-refractivity contribution in [2.75, 3.05) is 19.5 Å². The second-order valence-corrected chi connectivity index (χ2v) is 6.67. The lowest BCUT2D eigenvalue weighted by atomic mass is 9.75. The molecule has 1 saturated carbocycles. The van der Waals surface area contributed by atoms with Crippen LogP contribution >= 0.6 is 11.8 Å². The number of hydrogen-bond donors (Lipinski definition) is 1. The van der Waals surface area contributed by atoms with Gasteiger partial charge in [0.25, 0.3) is 0 Å². The van der Waals surface area contributed by atoms with Crippen LogP contribution in [0, 0.1) is 5.41 Å². The highest BCUT2D eigenvalue weighted by atomic mass is 32.2. The van der Waals surface area contributed by atoms with Crippen molar-refractivity contribution in [2.45, 2.75) is 50.8 Å². The van der Waals surface area contributed by atoms with E-state index in [9.17, 15) is 0 Å². The first-order valence-electron chi connectivity index (χ1n) is 5.91. The zero-order valence-corrected chi connectivity index (χ0v) is 11.1. The maximum absolute atomic E-state index is 6.16. The average Bonchev–Trinajstić information content (AvgIpc) is 2.18. The van der Waals surface area contributed by atoms with E-state index in [0.717, 1.165) is 13.0 Å². The zero-order chi connectivity index (χ0) is 11.3. The van der Waals surface area contributed by atoms with Crippen molar-refractivity contribution in [2.24, 2.45) is 11.1 Å². The summed E-state index contributed by atoms with van der Waals surface area (Å²) in [6.07, 6.45) is 4.88. The lowest BCUT2D eigenvalue weighted by Gasteiger charge is -2.38. The average molecular weight is 231 g/mol. The Morgan fingerprint density at radius 2 is 2.20 bits per heavy atom. The molecule has 1 aliphatic carbocycles. The van der Waals surface area contributed by atoms with Crippen LogP contribution < -0.4 is 5.73 Å². The molecule has 1 rings (SSSR count). The topological polar surface area (TPSA) is 35.2 Å². The molecule has 1 fully saturated rings. The van der Waals surface area contributed by atoms with E-state index >= 15 is 0 Å². The van der Waals surface area contributed by atoms with Crippen LogP contribution in [0.3, 0.4) is 0 Å². The summed E-state index contributed by atoms with van der Waals surface area (Å²) in [5, 5.41) is 0.658. The molecule has 1 aliphatic rings. The van der Waals surface area contributed by atoms with Crippen LogP contribution in [0.15, 0.2) is 0 Å². The van der Waals surface area contributed by atoms with Gasteiger partial charge < -0.3 is 10.5 Å².